The lowest BCUT2D eigenvalue weighted by molar-refractivity contribution is 0.466. The second-order valence-corrected chi connectivity index (χ2v) is 7.30. The van der Waals surface area contributed by atoms with Crippen molar-refractivity contribution in [2.24, 2.45) is 0 Å². The average Bonchev–Trinajstić information content (AvgIpc) is 2.55. The van der Waals surface area contributed by atoms with Crippen LogP contribution in [0.1, 0.15) is 5.56 Å². The fourth-order valence-corrected chi connectivity index (χ4v) is 3.49. The SMILES string of the molecule is CN(Cc1cnc2ccccc2c1)S(=O)(=O)c1ccc(F)cc1. The minimum atomic E-state index is -3.67. The van der Waals surface area contributed by atoms with Crippen molar-refractivity contribution < 1.29 is 12.8 Å². The van der Waals surface area contributed by atoms with Crippen LogP contribution in [0.5, 0.6) is 0 Å². The zero-order valence-electron chi connectivity index (χ0n) is 12.5. The van der Waals surface area contributed by atoms with Crippen molar-refractivity contribution in [3.8, 4) is 0 Å². The highest BCUT2D eigenvalue weighted by Crippen LogP contribution is 2.19. The van der Waals surface area contributed by atoms with Crippen LogP contribution < -0.4 is 0 Å². The lowest BCUT2D eigenvalue weighted by Gasteiger charge is -2.17. The number of nitrogens with zero attached hydrogens (tertiary/aromatic N) is 2. The molecular formula is C17H15FN2O2S. The van der Waals surface area contributed by atoms with Crippen LogP contribution in [0.3, 0.4) is 0 Å². The summed E-state index contributed by atoms with van der Waals surface area (Å²) in [5, 5.41) is 0.956. The van der Waals surface area contributed by atoms with Gasteiger partial charge in [-0.3, -0.25) is 4.98 Å². The summed E-state index contributed by atoms with van der Waals surface area (Å²) in [4.78, 5) is 4.39. The van der Waals surface area contributed by atoms with E-state index in [1.807, 2.05) is 30.3 Å². The smallest absolute Gasteiger partial charge is 0.243 e. The second-order valence-electron chi connectivity index (χ2n) is 5.25. The molecule has 6 heteroatoms. The van der Waals surface area contributed by atoms with Crippen molar-refractivity contribution in [2.75, 3.05) is 7.05 Å². The maximum absolute atomic E-state index is 13.0. The van der Waals surface area contributed by atoms with Crippen LogP contribution in [0.25, 0.3) is 10.9 Å². The number of halogens is 1. The molecule has 3 aromatic rings. The van der Waals surface area contributed by atoms with Gasteiger partial charge in [0.25, 0.3) is 0 Å². The lowest BCUT2D eigenvalue weighted by Crippen LogP contribution is -2.26. The van der Waals surface area contributed by atoms with Gasteiger partial charge < -0.3 is 0 Å². The quantitative estimate of drug-likeness (QED) is 0.738. The highest BCUT2D eigenvalue weighted by molar-refractivity contribution is 7.89. The molecule has 3 rings (SSSR count). The predicted molar refractivity (Wildman–Crippen MR) is 86.8 cm³/mol. The number of pyridine rings is 1. The molecule has 0 aliphatic heterocycles. The Kier molecular flexibility index (Phi) is 4.11. The van der Waals surface area contributed by atoms with Gasteiger partial charge >= 0.3 is 0 Å². The molecule has 0 amide bonds. The molecule has 0 fully saturated rings. The van der Waals surface area contributed by atoms with Crippen molar-refractivity contribution in [3.05, 3.63) is 72.2 Å². The average molecular weight is 330 g/mol. The maximum Gasteiger partial charge on any atom is 0.243 e. The van der Waals surface area contributed by atoms with Crippen LogP contribution in [-0.4, -0.2) is 24.8 Å². The highest BCUT2D eigenvalue weighted by Gasteiger charge is 2.21. The Bertz CT molecular complexity index is 940. The van der Waals surface area contributed by atoms with Gasteiger partial charge in [-0.15, -0.1) is 0 Å². The van der Waals surface area contributed by atoms with Gasteiger partial charge in [0.15, 0.2) is 0 Å². The largest absolute Gasteiger partial charge is 0.256 e. The van der Waals surface area contributed by atoms with E-state index in [1.165, 1.54) is 23.5 Å². The summed E-state index contributed by atoms with van der Waals surface area (Å²) in [6.07, 6.45) is 1.67. The van der Waals surface area contributed by atoms with E-state index in [1.54, 1.807) is 6.20 Å². The molecule has 0 aliphatic rings. The minimum Gasteiger partial charge on any atom is -0.256 e. The summed E-state index contributed by atoms with van der Waals surface area (Å²) < 4.78 is 39.2. The third kappa shape index (κ3) is 3.23. The molecule has 2 aromatic carbocycles. The Morgan fingerprint density at radius 3 is 2.52 bits per heavy atom. The fraction of sp³-hybridized carbons (Fsp3) is 0.118. The first-order valence-electron chi connectivity index (χ1n) is 7.02. The number of hydrogen-bond acceptors (Lipinski definition) is 3. The summed E-state index contributed by atoms with van der Waals surface area (Å²) in [6, 6.07) is 14.4. The Morgan fingerprint density at radius 2 is 1.78 bits per heavy atom. The number of para-hydroxylation sites is 1. The molecule has 0 atom stereocenters. The van der Waals surface area contributed by atoms with E-state index in [9.17, 15) is 12.8 Å². The van der Waals surface area contributed by atoms with Gasteiger partial charge in [0.1, 0.15) is 5.82 Å². The van der Waals surface area contributed by atoms with Gasteiger partial charge in [0.05, 0.1) is 10.4 Å². The normalized spacial score (nSPS) is 12.0. The molecule has 0 saturated heterocycles. The third-order valence-corrected chi connectivity index (χ3v) is 5.39. The van der Waals surface area contributed by atoms with Gasteiger partial charge in [-0.05, 0) is 42.0 Å². The van der Waals surface area contributed by atoms with Gasteiger partial charge in [-0.25, -0.2) is 12.8 Å². The first-order chi connectivity index (χ1) is 11.0. The number of sulfonamides is 1. The molecule has 118 valence electrons. The van der Waals surface area contributed by atoms with E-state index >= 15 is 0 Å². The van der Waals surface area contributed by atoms with Gasteiger partial charge in [0.2, 0.25) is 10.0 Å². The second kappa shape index (κ2) is 6.06. The number of hydrogen-bond donors (Lipinski definition) is 0. The zero-order valence-corrected chi connectivity index (χ0v) is 13.3. The van der Waals surface area contributed by atoms with Crippen LogP contribution >= 0.6 is 0 Å². The van der Waals surface area contributed by atoms with Crippen molar-refractivity contribution >= 4 is 20.9 Å². The Morgan fingerprint density at radius 1 is 1.09 bits per heavy atom. The van der Waals surface area contributed by atoms with Crippen molar-refractivity contribution in [1.29, 1.82) is 0 Å². The molecule has 1 aromatic heterocycles. The van der Waals surface area contributed by atoms with Gasteiger partial charge in [-0.2, -0.15) is 4.31 Å². The van der Waals surface area contributed by atoms with E-state index in [4.69, 9.17) is 0 Å². The molecule has 4 nitrogen and oxygen atoms in total. The standard InChI is InChI=1S/C17H15FN2O2S/c1-20(23(21,22)16-8-6-15(18)7-9-16)12-13-10-14-4-2-3-5-17(14)19-11-13/h2-11H,12H2,1H3. The first kappa shape index (κ1) is 15.6. The monoisotopic (exact) mass is 330 g/mol. The van der Waals surface area contributed by atoms with E-state index in [0.717, 1.165) is 28.6 Å². The minimum absolute atomic E-state index is 0.0650. The number of rotatable bonds is 4. The summed E-state index contributed by atoms with van der Waals surface area (Å²) in [5.74, 6) is -0.467. The first-order valence-corrected chi connectivity index (χ1v) is 8.46. The van der Waals surface area contributed by atoms with Crippen LogP contribution in [0.4, 0.5) is 4.39 Å². The van der Waals surface area contributed by atoms with E-state index in [2.05, 4.69) is 4.98 Å². The van der Waals surface area contributed by atoms with Crippen LogP contribution in [0, 0.1) is 5.82 Å². The molecule has 23 heavy (non-hydrogen) atoms. The molecule has 0 radical (unpaired) electrons. The predicted octanol–water partition coefficient (Wildman–Crippen LogP) is 3.19. The number of aromatic nitrogens is 1. The molecule has 0 unspecified atom stereocenters. The number of benzene rings is 2. The van der Waals surface area contributed by atoms with Crippen LogP contribution in [0.15, 0.2) is 65.7 Å². The zero-order chi connectivity index (χ0) is 16.4. The fourth-order valence-electron chi connectivity index (χ4n) is 2.33. The highest BCUT2D eigenvalue weighted by atomic mass is 32.2. The van der Waals surface area contributed by atoms with Gasteiger partial charge in [-0.1, -0.05) is 18.2 Å². The molecule has 1 heterocycles. The van der Waals surface area contributed by atoms with Crippen molar-refractivity contribution in [2.45, 2.75) is 11.4 Å². The lowest BCUT2D eigenvalue weighted by atomic mass is 10.1. The Balaban J connectivity index is 1.87. The van der Waals surface area contributed by atoms with Crippen molar-refractivity contribution in [3.63, 3.8) is 0 Å². The Labute approximate surface area is 134 Å². The summed E-state index contributed by atoms with van der Waals surface area (Å²) in [7, 11) is -2.17. The number of fused-ring (bicyclic) bond motifs is 1. The topological polar surface area (TPSA) is 50.3 Å². The molecule has 0 bridgehead atoms. The van der Waals surface area contributed by atoms with Crippen LogP contribution in [0.2, 0.25) is 0 Å². The third-order valence-electron chi connectivity index (χ3n) is 3.57. The summed E-state index contributed by atoms with van der Waals surface area (Å²) in [6.45, 7) is 0.192. The summed E-state index contributed by atoms with van der Waals surface area (Å²) >= 11 is 0. The molecular weight excluding hydrogens is 315 g/mol. The molecule has 0 saturated carbocycles. The summed E-state index contributed by atoms with van der Waals surface area (Å²) in [5.41, 5.74) is 1.65. The van der Waals surface area contributed by atoms with E-state index in [-0.39, 0.29) is 11.4 Å². The Hall–Kier alpha value is -2.31. The molecule has 0 aliphatic carbocycles. The van der Waals surface area contributed by atoms with E-state index in [0.29, 0.717) is 0 Å². The van der Waals surface area contributed by atoms with Crippen LogP contribution in [-0.2, 0) is 16.6 Å². The van der Waals surface area contributed by atoms with Gasteiger partial charge in [0, 0.05) is 25.2 Å². The van der Waals surface area contributed by atoms with E-state index < -0.39 is 15.8 Å². The molecule has 0 spiro atoms. The van der Waals surface area contributed by atoms with Crippen molar-refractivity contribution in [1.82, 2.24) is 9.29 Å². The molecule has 0 N–H and O–H groups in total. The maximum atomic E-state index is 13.0.